The summed E-state index contributed by atoms with van der Waals surface area (Å²) < 4.78 is 0. The second-order valence-corrected chi connectivity index (χ2v) is 4.67. The molecule has 0 bridgehead atoms. The summed E-state index contributed by atoms with van der Waals surface area (Å²) in [6, 6.07) is 8.34. The van der Waals surface area contributed by atoms with Gasteiger partial charge in [0.15, 0.2) is 11.7 Å². The normalized spacial score (nSPS) is 15.6. The van der Waals surface area contributed by atoms with E-state index >= 15 is 0 Å². The summed E-state index contributed by atoms with van der Waals surface area (Å²) in [6.07, 6.45) is 1.56. The van der Waals surface area contributed by atoms with E-state index in [-0.39, 0.29) is 11.7 Å². The maximum absolute atomic E-state index is 11.8. The van der Waals surface area contributed by atoms with Crippen molar-refractivity contribution in [3.8, 4) is 6.07 Å². The lowest BCUT2D eigenvalue weighted by Gasteiger charge is -2.09. The lowest BCUT2D eigenvalue weighted by Crippen LogP contribution is -2.29. The van der Waals surface area contributed by atoms with Gasteiger partial charge in [0, 0.05) is 16.6 Å². The smallest absolute Gasteiger partial charge is 0.249 e. The Balaban J connectivity index is 2.06. The summed E-state index contributed by atoms with van der Waals surface area (Å²) in [5, 5.41) is 11.9. The summed E-state index contributed by atoms with van der Waals surface area (Å²) >= 11 is 5.78. The SMILES string of the molecule is N#CC(C(=O)Nc1cccc(Cl)c1)C(=O)C1CC1. The Hall–Kier alpha value is -1.86. The van der Waals surface area contributed by atoms with Gasteiger partial charge in [-0.2, -0.15) is 5.26 Å². The molecule has 1 N–H and O–H groups in total. The molecule has 1 fully saturated rings. The van der Waals surface area contributed by atoms with Gasteiger partial charge in [0.2, 0.25) is 5.91 Å². The minimum atomic E-state index is -1.23. The minimum Gasteiger partial charge on any atom is -0.325 e. The Labute approximate surface area is 110 Å². The maximum Gasteiger partial charge on any atom is 0.249 e. The van der Waals surface area contributed by atoms with Gasteiger partial charge >= 0.3 is 0 Å². The predicted molar refractivity (Wildman–Crippen MR) is 66.9 cm³/mol. The highest BCUT2D eigenvalue weighted by atomic mass is 35.5. The van der Waals surface area contributed by atoms with Crippen LogP contribution in [0.3, 0.4) is 0 Å². The summed E-state index contributed by atoms with van der Waals surface area (Å²) in [5.41, 5.74) is 0.483. The Bertz CT molecular complexity index is 532. The van der Waals surface area contributed by atoms with Crippen molar-refractivity contribution in [1.82, 2.24) is 0 Å². The first-order chi connectivity index (χ1) is 8.61. The lowest BCUT2D eigenvalue weighted by atomic mass is 10.0. The van der Waals surface area contributed by atoms with Crippen LogP contribution in [0.1, 0.15) is 12.8 Å². The van der Waals surface area contributed by atoms with Gasteiger partial charge in [0.1, 0.15) is 0 Å². The molecule has 0 spiro atoms. The molecule has 92 valence electrons. The van der Waals surface area contributed by atoms with Gasteiger partial charge < -0.3 is 5.32 Å². The van der Waals surface area contributed by atoms with E-state index in [1.165, 1.54) is 0 Å². The summed E-state index contributed by atoms with van der Waals surface area (Å²) in [4.78, 5) is 23.6. The number of carbonyl (C=O) groups excluding carboxylic acids is 2. The quantitative estimate of drug-likeness (QED) is 0.847. The van der Waals surface area contributed by atoms with Crippen LogP contribution >= 0.6 is 11.6 Å². The molecule has 1 aliphatic rings. The fraction of sp³-hybridized carbons (Fsp3) is 0.308. The number of nitrogens with one attached hydrogen (secondary N) is 1. The molecule has 1 aromatic rings. The first kappa shape index (κ1) is 12.6. The monoisotopic (exact) mass is 262 g/mol. The van der Waals surface area contributed by atoms with Crippen molar-refractivity contribution in [2.45, 2.75) is 12.8 Å². The number of benzene rings is 1. The van der Waals surface area contributed by atoms with Gasteiger partial charge in [0.25, 0.3) is 0 Å². The number of ketones is 1. The molecule has 0 radical (unpaired) electrons. The van der Waals surface area contributed by atoms with Crippen LogP contribution in [0.2, 0.25) is 5.02 Å². The molecule has 5 heteroatoms. The Morgan fingerprint density at radius 1 is 1.44 bits per heavy atom. The number of hydrogen-bond acceptors (Lipinski definition) is 3. The molecule has 1 aromatic carbocycles. The van der Waals surface area contributed by atoms with E-state index in [0.717, 1.165) is 12.8 Å². The van der Waals surface area contributed by atoms with Gasteiger partial charge in [-0.3, -0.25) is 9.59 Å². The third-order valence-corrected chi connectivity index (χ3v) is 2.98. The van der Waals surface area contributed by atoms with Gasteiger partial charge in [-0.1, -0.05) is 17.7 Å². The largest absolute Gasteiger partial charge is 0.325 e. The maximum atomic E-state index is 11.8. The van der Waals surface area contributed by atoms with Crippen LogP contribution in [-0.2, 0) is 9.59 Å². The van der Waals surface area contributed by atoms with Crippen molar-refractivity contribution in [3.63, 3.8) is 0 Å². The molecule has 0 saturated heterocycles. The van der Waals surface area contributed by atoms with Gasteiger partial charge in [-0.05, 0) is 31.0 Å². The third-order valence-electron chi connectivity index (χ3n) is 2.75. The molecule has 2 rings (SSSR count). The summed E-state index contributed by atoms with van der Waals surface area (Å²) in [5.74, 6) is -2.20. The molecule has 0 aliphatic heterocycles. The van der Waals surface area contributed by atoms with Crippen molar-refractivity contribution < 1.29 is 9.59 Å². The zero-order chi connectivity index (χ0) is 13.1. The van der Waals surface area contributed by atoms with Crippen molar-refractivity contribution in [1.29, 1.82) is 5.26 Å². The van der Waals surface area contributed by atoms with E-state index in [1.807, 2.05) is 0 Å². The third kappa shape index (κ3) is 2.88. The van der Waals surface area contributed by atoms with Crippen LogP contribution in [0.4, 0.5) is 5.69 Å². The molecule has 0 heterocycles. The molecule has 1 atom stereocenters. The molecule has 1 saturated carbocycles. The van der Waals surface area contributed by atoms with Crippen LogP contribution in [-0.4, -0.2) is 11.7 Å². The second kappa shape index (κ2) is 5.19. The topological polar surface area (TPSA) is 70.0 Å². The minimum absolute atomic E-state index is 0.111. The fourth-order valence-electron chi connectivity index (χ4n) is 1.64. The number of nitriles is 1. The van der Waals surface area contributed by atoms with Crippen LogP contribution < -0.4 is 5.32 Å². The number of hydrogen-bond donors (Lipinski definition) is 1. The second-order valence-electron chi connectivity index (χ2n) is 4.24. The molecular formula is C13H11ClN2O2. The number of carbonyl (C=O) groups is 2. The van der Waals surface area contributed by atoms with Gasteiger partial charge in [-0.25, -0.2) is 0 Å². The average molecular weight is 263 g/mol. The Morgan fingerprint density at radius 2 is 2.17 bits per heavy atom. The average Bonchev–Trinajstić information content (AvgIpc) is 3.13. The number of Topliss-reactive ketones (excluding diaryl/α,β-unsaturated/α-hetero) is 1. The van der Waals surface area contributed by atoms with E-state index < -0.39 is 11.8 Å². The predicted octanol–water partition coefficient (Wildman–Crippen LogP) is 2.40. The highest BCUT2D eigenvalue weighted by Crippen LogP contribution is 2.32. The highest BCUT2D eigenvalue weighted by Gasteiger charge is 2.38. The van der Waals surface area contributed by atoms with Gasteiger partial charge in [-0.15, -0.1) is 0 Å². The van der Waals surface area contributed by atoms with Crippen LogP contribution in [0.25, 0.3) is 0 Å². The molecule has 0 aromatic heterocycles. The lowest BCUT2D eigenvalue weighted by molar-refractivity contribution is -0.129. The summed E-state index contributed by atoms with van der Waals surface area (Å²) in [7, 11) is 0. The zero-order valence-electron chi connectivity index (χ0n) is 9.52. The molecular weight excluding hydrogens is 252 g/mol. The molecule has 1 aliphatic carbocycles. The number of rotatable bonds is 4. The Morgan fingerprint density at radius 3 is 2.72 bits per heavy atom. The number of amides is 1. The summed E-state index contributed by atoms with van der Waals surface area (Å²) in [6.45, 7) is 0. The van der Waals surface area contributed by atoms with E-state index in [9.17, 15) is 9.59 Å². The van der Waals surface area contributed by atoms with E-state index in [0.29, 0.717) is 10.7 Å². The molecule has 1 unspecified atom stereocenters. The molecule has 1 amide bonds. The fourth-order valence-corrected chi connectivity index (χ4v) is 1.83. The van der Waals surface area contributed by atoms with Gasteiger partial charge in [0.05, 0.1) is 6.07 Å². The van der Waals surface area contributed by atoms with Crippen molar-refractivity contribution >= 4 is 29.0 Å². The molecule has 18 heavy (non-hydrogen) atoms. The van der Waals surface area contributed by atoms with Crippen LogP contribution in [0.15, 0.2) is 24.3 Å². The Kier molecular flexibility index (Phi) is 3.63. The van der Waals surface area contributed by atoms with Crippen molar-refractivity contribution in [2.24, 2.45) is 11.8 Å². The number of anilines is 1. The van der Waals surface area contributed by atoms with Crippen molar-refractivity contribution in [3.05, 3.63) is 29.3 Å². The highest BCUT2D eigenvalue weighted by molar-refractivity contribution is 6.31. The standard InChI is InChI=1S/C13H11ClN2O2/c14-9-2-1-3-10(6-9)16-13(18)11(7-15)12(17)8-4-5-8/h1-3,6,8,11H,4-5H2,(H,16,18). The first-order valence-electron chi connectivity index (χ1n) is 5.61. The number of halogens is 1. The van der Waals surface area contributed by atoms with E-state index in [4.69, 9.17) is 16.9 Å². The van der Waals surface area contributed by atoms with Crippen LogP contribution in [0, 0.1) is 23.2 Å². The van der Waals surface area contributed by atoms with E-state index in [2.05, 4.69) is 5.32 Å². The number of nitrogens with zero attached hydrogens (tertiary/aromatic N) is 1. The molecule has 4 nitrogen and oxygen atoms in total. The zero-order valence-corrected chi connectivity index (χ0v) is 10.3. The van der Waals surface area contributed by atoms with Crippen LogP contribution in [0.5, 0.6) is 0 Å². The first-order valence-corrected chi connectivity index (χ1v) is 5.99. The van der Waals surface area contributed by atoms with Crippen molar-refractivity contribution in [2.75, 3.05) is 5.32 Å². The van der Waals surface area contributed by atoms with E-state index in [1.54, 1.807) is 30.3 Å².